The molecule has 5 nitrogen and oxygen atoms in total. The first-order valence-electron chi connectivity index (χ1n) is 6.93. The van der Waals surface area contributed by atoms with Gasteiger partial charge in [0.2, 0.25) is 0 Å². The third kappa shape index (κ3) is 3.03. The van der Waals surface area contributed by atoms with Crippen LogP contribution in [-0.4, -0.2) is 4.92 Å². The molecule has 21 heavy (non-hydrogen) atoms. The van der Waals surface area contributed by atoms with Gasteiger partial charge < -0.3 is 10.6 Å². The number of hydrogen-bond acceptors (Lipinski definition) is 4. The molecule has 2 aromatic rings. The summed E-state index contributed by atoms with van der Waals surface area (Å²) in [6, 6.07) is 11.5. The van der Waals surface area contributed by atoms with Gasteiger partial charge in [0.1, 0.15) is 0 Å². The lowest BCUT2D eigenvalue weighted by atomic mass is 10.1. The summed E-state index contributed by atoms with van der Waals surface area (Å²) in [5.74, 6) is 0. The molecule has 0 unspecified atom stereocenters. The fourth-order valence-corrected chi connectivity index (χ4v) is 2.63. The van der Waals surface area contributed by atoms with Gasteiger partial charge in [0, 0.05) is 37.5 Å². The van der Waals surface area contributed by atoms with Crippen LogP contribution in [0.4, 0.5) is 11.4 Å². The highest BCUT2D eigenvalue weighted by Crippen LogP contribution is 2.22. The molecule has 0 atom stereocenters. The molecule has 1 aliphatic rings. The van der Waals surface area contributed by atoms with Gasteiger partial charge in [0.25, 0.3) is 5.69 Å². The largest absolute Gasteiger partial charge is 0.381 e. The molecule has 0 spiro atoms. The van der Waals surface area contributed by atoms with Gasteiger partial charge in [-0.05, 0) is 35.2 Å². The first-order chi connectivity index (χ1) is 10.1. The van der Waals surface area contributed by atoms with Gasteiger partial charge in [0.05, 0.1) is 4.92 Å². The van der Waals surface area contributed by atoms with E-state index in [9.17, 15) is 10.1 Å². The minimum absolute atomic E-state index is 0.121. The molecule has 0 bridgehead atoms. The third-order valence-corrected chi connectivity index (χ3v) is 3.67. The van der Waals surface area contributed by atoms with Crippen molar-refractivity contribution in [2.75, 3.05) is 5.32 Å². The predicted molar refractivity (Wildman–Crippen MR) is 82.1 cm³/mol. The van der Waals surface area contributed by atoms with Crippen LogP contribution < -0.4 is 10.6 Å². The average Bonchev–Trinajstić information content (AvgIpc) is 2.92. The van der Waals surface area contributed by atoms with Gasteiger partial charge >= 0.3 is 0 Å². The standard InChI is InChI=1S/C16H17N3O2/c1-11-4-15(7-16(5-11)19(20)21)18-8-12-2-3-13-9-17-10-14(13)6-12/h2-7,17-18H,8-10H2,1H3. The molecule has 0 aliphatic carbocycles. The third-order valence-electron chi connectivity index (χ3n) is 3.67. The van der Waals surface area contributed by atoms with Crippen LogP contribution in [0, 0.1) is 17.0 Å². The lowest BCUT2D eigenvalue weighted by Gasteiger charge is -2.09. The molecule has 0 radical (unpaired) electrons. The number of nitrogens with one attached hydrogen (secondary N) is 2. The van der Waals surface area contributed by atoms with Crippen LogP contribution in [0.5, 0.6) is 0 Å². The molecule has 0 amide bonds. The van der Waals surface area contributed by atoms with E-state index < -0.39 is 0 Å². The van der Waals surface area contributed by atoms with Crippen LogP contribution in [0.3, 0.4) is 0 Å². The Bertz CT molecular complexity index is 698. The Hall–Kier alpha value is -2.40. The molecule has 0 saturated carbocycles. The summed E-state index contributed by atoms with van der Waals surface area (Å²) >= 11 is 0. The Kier molecular flexibility index (Phi) is 3.58. The molecule has 3 rings (SSSR count). The Morgan fingerprint density at radius 1 is 1.19 bits per heavy atom. The molecule has 0 saturated heterocycles. The van der Waals surface area contributed by atoms with Crippen molar-refractivity contribution in [1.29, 1.82) is 0 Å². The maximum Gasteiger partial charge on any atom is 0.271 e. The number of hydrogen-bond donors (Lipinski definition) is 2. The summed E-state index contributed by atoms with van der Waals surface area (Å²) in [6.07, 6.45) is 0. The van der Waals surface area contributed by atoms with E-state index in [4.69, 9.17) is 0 Å². The van der Waals surface area contributed by atoms with E-state index in [0.717, 1.165) is 24.3 Å². The fraction of sp³-hybridized carbons (Fsp3) is 0.250. The van der Waals surface area contributed by atoms with Crippen molar-refractivity contribution in [2.45, 2.75) is 26.6 Å². The molecule has 2 N–H and O–H groups in total. The van der Waals surface area contributed by atoms with Gasteiger partial charge in [-0.1, -0.05) is 18.2 Å². The zero-order valence-electron chi connectivity index (χ0n) is 11.8. The van der Waals surface area contributed by atoms with E-state index in [-0.39, 0.29) is 10.6 Å². The summed E-state index contributed by atoms with van der Waals surface area (Å²) in [5, 5.41) is 17.5. The Morgan fingerprint density at radius 3 is 2.81 bits per heavy atom. The molecule has 0 aromatic heterocycles. The number of nitro groups is 1. The van der Waals surface area contributed by atoms with Gasteiger partial charge in [-0.3, -0.25) is 10.1 Å². The second-order valence-electron chi connectivity index (χ2n) is 5.37. The van der Waals surface area contributed by atoms with E-state index in [0.29, 0.717) is 6.54 Å². The molecular formula is C16H17N3O2. The van der Waals surface area contributed by atoms with Crippen molar-refractivity contribution in [3.8, 4) is 0 Å². The highest BCUT2D eigenvalue weighted by molar-refractivity contribution is 5.54. The van der Waals surface area contributed by atoms with Crippen molar-refractivity contribution in [2.24, 2.45) is 0 Å². The quantitative estimate of drug-likeness (QED) is 0.668. The molecule has 5 heteroatoms. The number of nitro benzene ring substituents is 1. The zero-order valence-corrected chi connectivity index (χ0v) is 11.8. The topological polar surface area (TPSA) is 67.2 Å². The van der Waals surface area contributed by atoms with Crippen molar-refractivity contribution in [3.05, 3.63) is 68.8 Å². The van der Waals surface area contributed by atoms with Crippen LogP contribution in [0.15, 0.2) is 36.4 Å². The van der Waals surface area contributed by atoms with Gasteiger partial charge in [0.15, 0.2) is 0 Å². The number of non-ortho nitro benzene ring substituents is 1. The summed E-state index contributed by atoms with van der Waals surface area (Å²) in [7, 11) is 0. The highest BCUT2D eigenvalue weighted by atomic mass is 16.6. The Morgan fingerprint density at radius 2 is 2.00 bits per heavy atom. The second kappa shape index (κ2) is 5.54. The number of anilines is 1. The van der Waals surface area contributed by atoms with Crippen molar-refractivity contribution < 1.29 is 4.92 Å². The summed E-state index contributed by atoms with van der Waals surface area (Å²) in [6.45, 7) is 4.37. The van der Waals surface area contributed by atoms with E-state index in [2.05, 4.69) is 28.8 Å². The number of rotatable bonds is 4. The molecule has 2 aromatic carbocycles. The Labute approximate surface area is 123 Å². The van der Waals surface area contributed by atoms with Crippen molar-refractivity contribution in [3.63, 3.8) is 0 Å². The van der Waals surface area contributed by atoms with Gasteiger partial charge in [-0.15, -0.1) is 0 Å². The van der Waals surface area contributed by atoms with E-state index >= 15 is 0 Å². The van der Waals surface area contributed by atoms with Crippen LogP contribution in [0.1, 0.15) is 22.3 Å². The number of aryl methyl sites for hydroxylation is 1. The zero-order chi connectivity index (χ0) is 14.8. The molecular weight excluding hydrogens is 266 g/mol. The minimum atomic E-state index is -0.362. The molecule has 1 heterocycles. The molecule has 108 valence electrons. The summed E-state index contributed by atoms with van der Waals surface area (Å²) in [5.41, 5.74) is 5.65. The molecule has 1 aliphatic heterocycles. The average molecular weight is 283 g/mol. The Balaban J connectivity index is 1.74. The minimum Gasteiger partial charge on any atom is -0.381 e. The normalized spacial score (nSPS) is 13.0. The predicted octanol–water partition coefficient (Wildman–Crippen LogP) is 3.12. The SMILES string of the molecule is Cc1cc(NCc2ccc3c(c2)CNC3)cc([N+](=O)[O-])c1. The first kappa shape index (κ1) is 13.6. The van der Waals surface area contributed by atoms with Crippen LogP contribution >= 0.6 is 0 Å². The van der Waals surface area contributed by atoms with E-state index in [1.165, 1.54) is 16.7 Å². The number of fused-ring (bicyclic) bond motifs is 1. The van der Waals surface area contributed by atoms with Gasteiger partial charge in [-0.2, -0.15) is 0 Å². The van der Waals surface area contributed by atoms with Crippen LogP contribution in [0.25, 0.3) is 0 Å². The lowest BCUT2D eigenvalue weighted by molar-refractivity contribution is -0.384. The van der Waals surface area contributed by atoms with Crippen molar-refractivity contribution in [1.82, 2.24) is 5.32 Å². The van der Waals surface area contributed by atoms with Crippen molar-refractivity contribution >= 4 is 11.4 Å². The van der Waals surface area contributed by atoms with E-state index in [1.54, 1.807) is 12.1 Å². The number of benzene rings is 2. The summed E-state index contributed by atoms with van der Waals surface area (Å²) < 4.78 is 0. The van der Waals surface area contributed by atoms with Crippen LogP contribution in [-0.2, 0) is 19.6 Å². The second-order valence-corrected chi connectivity index (χ2v) is 5.37. The molecule has 0 fully saturated rings. The first-order valence-corrected chi connectivity index (χ1v) is 6.93. The van der Waals surface area contributed by atoms with Gasteiger partial charge in [-0.25, -0.2) is 0 Å². The highest BCUT2D eigenvalue weighted by Gasteiger charge is 2.11. The smallest absolute Gasteiger partial charge is 0.271 e. The number of nitrogens with zero attached hydrogens (tertiary/aromatic N) is 1. The lowest BCUT2D eigenvalue weighted by Crippen LogP contribution is -2.01. The fourth-order valence-electron chi connectivity index (χ4n) is 2.63. The summed E-state index contributed by atoms with van der Waals surface area (Å²) in [4.78, 5) is 10.5. The van der Waals surface area contributed by atoms with E-state index in [1.807, 2.05) is 13.0 Å². The van der Waals surface area contributed by atoms with Crippen LogP contribution in [0.2, 0.25) is 0 Å². The maximum absolute atomic E-state index is 10.9. The maximum atomic E-state index is 10.9. The monoisotopic (exact) mass is 283 g/mol.